The second kappa shape index (κ2) is 16.2. The number of piperidine rings is 3. The fourth-order valence-electron chi connectivity index (χ4n) is 9.31. The Kier molecular flexibility index (Phi) is 10.7. The molecule has 17 heteroatoms. The number of rotatable bonds is 10. The summed E-state index contributed by atoms with van der Waals surface area (Å²) in [7, 11) is 0. The van der Waals surface area contributed by atoms with Crippen LogP contribution in [0.5, 0.6) is 0 Å². The van der Waals surface area contributed by atoms with E-state index in [1.807, 2.05) is 34.1 Å². The van der Waals surface area contributed by atoms with E-state index in [0.29, 0.717) is 67.5 Å². The van der Waals surface area contributed by atoms with Crippen LogP contribution >= 0.6 is 11.3 Å². The first-order valence-corrected chi connectivity index (χ1v) is 21.5. The summed E-state index contributed by atoms with van der Waals surface area (Å²) >= 11 is 1.27. The first-order valence-electron chi connectivity index (χ1n) is 20.6. The number of fused-ring (bicyclic) bond motifs is 1. The van der Waals surface area contributed by atoms with E-state index in [2.05, 4.69) is 25.8 Å². The highest BCUT2D eigenvalue weighted by atomic mass is 32.1. The van der Waals surface area contributed by atoms with Gasteiger partial charge in [0, 0.05) is 85.2 Å². The lowest BCUT2D eigenvalue weighted by Crippen LogP contribution is -2.61. The zero-order valence-electron chi connectivity index (χ0n) is 33.4. The lowest BCUT2D eigenvalue weighted by molar-refractivity contribution is -0.140. The molecule has 4 fully saturated rings. The van der Waals surface area contributed by atoms with Crippen LogP contribution in [0.3, 0.4) is 0 Å². The fraction of sp³-hybridized carbons (Fsp3) is 0.409. The molecule has 0 unspecified atom stereocenters. The Balaban J connectivity index is 0.727. The number of imide groups is 1. The van der Waals surface area contributed by atoms with Gasteiger partial charge in [-0.3, -0.25) is 29.3 Å². The van der Waals surface area contributed by atoms with Crippen LogP contribution in [0.25, 0.3) is 11.1 Å². The molecule has 5 aliphatic heterocycles. The van der Waals surface area contributed by atoms with Gasteiger partial charge in [0.1, 0.15) is 24.2 Å². The number of halogens is 2. The zero-order valence-corrected chi connectivity index (χ0v) is 34.2. The number of carbonyl (C=O) groups is 5. The molecule has 5 aliphatic rings. The van der Waals surface area contributed by atoms with Gasteiger partial charge in [0.05, 0.1) is 24.3 Å². The minimum Gasteiger partial charge on any atom is -0.389 e. The van der Waals surface area contributed by atoms with E-state index in [-0.39, 0.29) is 54.3 Å². The third-order valence-electron chi connectivity index (χ3n) is 12.9. The van der Waals surface area contributed by atoms with Crippen LogP contribution in [0, 0.1) is 17.0 Å². The number of benzene rings is 3. The maximum absolute atomic E-state index is 15.3. The maximum Gasteiger partial charge on any atom is 0.255 e. The SMILES string of the molecule is O=C1CC[C@H](Nc2ccc(N3CCC(O)(CC(=O)N4CCC5(CC4)CN(c4ccc(-c6cc(F)c7c(c6)C(=O)N(CC(=O)Nc6nccs6)C7)cc4)C5)CC3)c(F)c2)C(=O)N1. The Morgan fingerprint density at radius 3 is 2.34 bits per heavy atom. The number of aliphatic hydroxyl groups is 1. The van der Waals surface area contributed by atoms with E-state index in [1.165, 1.54) is 28.4 Å². The van der Waals surface area contributed by atoms with Crippen LogP contribution in [0.4, 0.5) is 31.0 Å². The van der Waals surface area contributed by atoms with Gasteiger partial charge in [-0.2, -0.15) is 0 Å². The lowest BCUT2D eigenvalue weighted by atomic mass is 9.71. The number of hydrogen-bond donors (Lipinski definition) is 4. The van der Waals surface area contributed by atoms with Crippen molar-refractivity contribution in [2.45, 2.75) is 63.1 Å². The quantitative estimate of drug-likeness (QED) is 0.164. The predicted octanol–water partition coefficient (Wildman–Crippen LogP) is 4.75. The van der Waals surface area contributed by atoms with Crippen LogP contribution in [-0.4, -0.2) is 107 Å². The molecule has 0 bridgehead atoms. The van der Waals surface area contributed by atoms with Gasteiger partial charge in [0.25, 0.3) is 5.91 Å². The van der Waals surface area contributed by atoms with Gasteiger partial charge in [-0.15, -0.1) is 11.3 Å². The van der Waals surface area contributed by atoms with Crippen molar-refractivity contribution in [1.82, 2.24) is 20.1 Å². The van der Waals surface area contributed by atoms with Crippen molar-refractivity contribution in [2.75, 3.05) is 66.2 Å². The first-order chi connectivity index (χ1) is 29.3. The molecule has 3 aromatic carbocycles. The summed E-state index contributed by atoms with van der Waals surface area (Å²) in [6.07, 6.45) is 4.52. The van der Waals surface area contributed by atoms with Gasteiger partial charge in [0.15, 0.2) is 5.13 Å². The molecule has 6 heterocycles. The molecule has 4 aromatic rings. The van der Waals surface area contributed by atoms with Gasteiger partial charge in [-0.25, -0.2) is 13.8 Å². The Bertz CT molecular complexity index is 2370. The summed E-state index contributed by atoms with van der Waals surface area (Å²) in [5.74, 6) is -2.54. The van der Waals surface area contributed by atoms with Crippen LogP contribution in [0.2, 0.25) is 0 Å². The van der Waals surface area contributed by atoms with E-state index >= 15 is 8.78 Å². The topological polar surface area (TPSA) is 168 Å². The van der Waals surface area contributed by atoms with Crippen molar-refractivity contribution in [1.29, 1.82) is 0 Å². The molecule has 1 spiro atoms. The largest absolute Gasteiger partial charge is 0.389 e. The highest BCUT2D eigenvalue weighted by Gasteiger charge is 2.46. The van der Waals surface area contributed by atoms with E-state index in [9.17, 15) is 29.1 Å². The molecule has 0 aliphatic carbocycles. The van der Waals surface area contributed by atoms with E-state index in [1.54, 1.807) is 29.8 Å². The molecular weight excluding hydrogens is 807 g/mol. The number of thiazole rings is 1. The summed E-state index contributed by atoms with van der Waals surface area (Å²) in [6.45, 7) is 3.54. The Morgan fingerprint density at radius 1 is 0.902 bits per heavy atom. The van der Waals surface area contributed by atoms with Gasteiger partial charge < -0.3 is 35.3 Å². The van der Waals surface area contributed by atoms with Crippen LogP contribution < -0.4 is 25.8 Å². The maximum atomic E-state index is 15.3. The van der Waals surface area contributed by atoms with E-state index in [4.69, 9.17) is 0 Å². The molecule has 9 rings (SSSR count). The van der Waals surface area contributed by atoms with Crippen LogP contribution in [0.1, 0.15) is 60.9 Å². The molecule has 318 valence electrons. The summed E-state index contributed by atoms with van der Waals surface area (Å²) in [6, 6.07) is 15.0. The van der Waals surface area contributed by atoms with Crippen molar-refractivity contribution < 1.29 is 37.9 Å². The second-order valence-electron chi connectivity index (χ2n) is 17.0. The molecule has 61 heavy (non-hydrogen) atoms. The Morgan fingerprint density at radius 2 is 1.66 bits per heavy atom. The van der Waals surface area contributed by atoms with Crippen molar-refractivity contribution in [3.8, 4) is 11.1 Å². The van der Waals surface area contributed by atoms with Crippen molar-refractivity contribution >= 4 is 63.1 Å². The monoisotopic (exact) mass is 852 g/mol. The lowest BCUT2D eigenvalue weighted by Gasteiger charge is -2.55. The minimum absolute atomic E-state index is 0.0198. The Hall–Kier alpha value is -5.94. The molecule has 4 saturated heterocycles. The first kappa shape index (κ1) is 40.5. The predicted molar refractivity (Wildman–Crippen MR) is 225 cm³/mol. The van der Waals surface area contributed by atoms with Crippen molar-refractivity contribution in [3.63, 3.8) is 0 Å². The number of carbonyl (C=O) groups excluding carboxylic acids is 5. The van der Waals surface area contributed by atoms with E-state index in [0.717, 1.165) is 37.2 Å². The number of aromatic nitrogens is 1. The minimum atomic E-state index is -1.17. The summed E-state index contributed by atoms with van der Waals surface area (Å²) in [4.78, 5) is 74.1. The van der Waals surface area contributed by atoms with Crippen LogP contribution in [0.15, 0.2) is 66.2 Å². The second-order valence-corrected chi connectivity index (χ2v) is 17.9. The van der Waals surface area contributed by atoms with Gasteiger partial charge in [-0.05, 0) is 85.7 Å². The molecule has 4 N–H and O–H groups in total. The summed E-state index contributed by atoms with van der Waals surface area (Å²) < 4.78 is 30.5. The number of anilines is 4. The average Bonchev–Trinajstić information content (AvgIpc) is 3.86. The molecule has 1 atom stereocenters. The number of nitrogens with zero attached hydrogens (tertiary/aromatic N) is 5. The molecule has 14 nitrogen and oxygen atoms in total. The third kappa shape index (κ3) is 8.40. The molecule has 0 saturated carbocycles. The van der Waals surface area contributed by atoms with Crippen molar-refractivity contribution in [3.05, 3.63) is 88.9 Å². The number of likely N-dealkylation sites (tertiary alicyclic amines) is 1. The molecule has 1 aromatic heterocycles. The molecule has 0 radical (unpaired) electrons. The average molecular weight is 853 g/mol. The van der Waals surface area contributed by atoms with E-state index < -0.39 is 41.0 Å². The zero-order chi connectivity index (χ0) is 42.5. The highest BCUT2D eigenvalue weighted by Crippen LogP contribution is 2.44. The Labute approximate surface area is 354 Å². The molecule has 5 amide bonds. The highest BCUT2D eigenvalue weighted by molar-refractivity contribution is 7.13. The number of amides is 5. The number of hydrogen-bond acceptors (Lipinski definition) is 11. The standard InChI is InChI=1S/C44H46F2N8O6S/c45-33-20-28(19-31-32(33)23-53(41(31)59)24-38(56)50-42-47-13-18-61-42)27-1-4-30(5-2-27)54-25-43(26-54)9-14-52(15-10-43)39(57)22-44(60)11-16-51(17-12-44)36-7-3-29(21-34(36)46)48-35-6-8-37(55)49-40(35)58/h1-5,7,13,18-21,35,48,60H,6,8-12,14-17,22-26H2,(H,47,50,56)(H,49,55,58)/t35-/m0/s1. The fourth-order valence-corrected chi connectivity index (χ4v) is 9.85. The van der Waals surface area contributed by atoms with Gasteiger partial charge in [-0.1, -0.05) is 12.1 Å². The van der Waals surface area contributed by atoms with Gasteiger partial charge >= 0.3 is 0 Å². The smallest absolute Gasteiger partial charge is 0.255 e. The van der Waals surface area contributed by atoms with Gasteiger partial charge in [0.2, 0.25) is 23.6 Å². The summed E-state index contributed by atoms with van der Waals surface area (Å²) in [5.41, 5.74) is 2.69. The van der Waals surface area contributed by atoms with Crippen LogP contribution in [-0.2, 0) is 25.7 Å². The molecular formula is C44H46F2N8O6S. The number of nitrogens with one attached hydrogen (secondary N) is 3. The normalized spacial score (nSPS) is 20.6. The third-order valence-corrected chi connectivity index (χ3v) is 13.6. The summed E-state index contributed by atoms with van der Waals surface area (Å²) in [5, 5.41) is 21.5. The van der Waals surface area contributed by atoms with Crippen molar-refractivity contribution in [2.24, 2.45) is 5.41 Å².